The molecule has 3 aromatic carbocycles. The lowest BCUT2D eigenvalue weighted by Crippen LogP contribution is -2.24. The molecule has 4 aromatic rings. The van der Waals surface area contributed by atoms with E-state index in [1.807, 2.05) is 0 Å². The molecule has 1 heterocycles. The molecule has 0 spiro atoms. The van der Waals surface area contributed by atoms with Gasteiger partial charge in [0.05, 0.1) is 40.9 Å². The van der Waals surface area contributed by atoms with Gasteiger partial charge in [0, 0.05) is 10.6 Å². The van der Waals surface area contributed by atoms with Gasteiger partial charge in [0.25, 0.3) is 5.91 Å². The molecule has 1 aromatic heterocycles. The number of ether oxygens (including phenoxy) is 1. The van der Waals surface area contributed by atoms with Crippen LogP contribution in [0.25, 0.3) is 5.69 Å². The second kappa shape index (κ2) is 14.6. The van der Waals surface area contributed by atoms with Crippen LogP contribution in [0.5, 0.6) is 5.75 Å². The number of carbonyl (C=O) groups is 2. The monoisotopic (exact) mass is 651 g/mol. The zero-order chi connectivity index (χ0) is 31.0. The molecule has 2 N–H and O–H groups in total. The molecule has 2 amide bonds. The third kappa shape index (κ3) is 8.88. The lowest BCUT2D eigenvalue weighted by molar-refractivity contribution is -0.137. The van der Waals surface area contributed by atoms with Crippen molar-refractivity contribution in [1.29, 1.82) is 0 Å². The molecule has 0 bridgehead atoms. The van der Waals surface area contributed by atoms with Crippen LogP contribution in [0.1, 0.15) is 41.5 Å². The van der Waals surface area contributed by atoms with E-state index in [1.54, 1.807) is 53.1 Å². The number of hydrogen-bond donors (Lipinski definition) is 2. The van der Waals surface area contributed by atoms with E-state index in [1.165, 1.54) is 0 Å². The van der Waals surface area contributed by atoms with Gasteiger partial charge in [-0.3, -0.25) is 14.2 Å². The van der Waals surface area contributed by atoms with E-state index in [4.69, 9.17) is 27.9 Å². The van der Waals surface area contributed by atoms with Crippen LogP contribution < -0.4 is 15.4 Å². The summed E-state index contributed by atoms with van der Waals surface area (Å²) >= 11 is 13.2. The number of nitrogens with zero attached hydrogens (tertiary/aromatic N) is 3. The Morgan fingerprint density at radius 3 is 2.49 bits per heavy atom. The molecule has 43 heavy (non-hydrogen) atoms. The SMILES string of the molecule is CCCCOc1ccc(C(=O)NCc2nnc(SCC(=O)Nc3cc(C(F)(F)F)ccc3Cl)n2-c2cccc(Cl)c2)cc1. The normalized spacial score (nSPS) is 11.3. The Labute approximate surface area is 259 Å². The van der Waals surface area contributed by atoms with Crippen molar-refractivity contribution in [3.8, 4) is 11.4 Å². The van der Waals surface area contributed by atoms with E-state index in [0.717, 1.165) is 42.8 Å². The number of thioether (sulfide) groups is 1. The lowest BCUT2D eigenvalue weighted by atomic mass is 10.2. The van der Waals surface area contributed by atoms with Crippen LogP contribution in [0.3, 0.4) is 0 Å². The third-order valence-electron chi connectivity index (χ3n) is 5.96. The Bertz CT molecular complexity index is 1580. The summed E-state index contributed by atoms with van der Waals surface area (Å²) in [6, 6.07) is 16.3. The fraction of sp³-hybridized carbons (Fsp3) is 0.241. The highest BCUT2D eigenvalue weighted by Crippen LogP contribution is 2.34. The number of carbonyl (C=O) groups excluding carboxylic acids is 2. The van der Waals surface area contributed by atoms with Crippen molar-refractivity contribution in [2.75, 3.05) is 17.7 Å². The van der Waals surface area contributed by atoms with Crippen molar-refractivity contribution in [1.82, 2.24) is 20.1 Å². The minimum absolute atomic E-state index is 0.000301. The van der Waals surface area contributed by atoms with Crippen molar-refractivity contribution in [2.24, 2.45) is 0 Å². The van der Waals surface area contributed by atoms with Gasteiger partial charge in [0.15, 0.2) is 11.0 Å². The number of hydrogen-bond acceptors (Lipinski definition) is 6. The molecule has 0 atom stereocenters. The van der Waals surface area contributed by atoms with E-state index in [9.17, 15) is 22.8 Å². The van der Waals surface area contributed by atoms with Gasteiger partial charge < -0.3 is 15.4 Å². The first-order chi connectivity index (χ1) is 20.5. The Morgan fingerprint density at radius 2 is 1.79 bits per heavy atom. The van der Waals surface area contributed by atoms with Gasteiger partial charge in [-0.2, -0.15) is 13.2 Å². The zero-order valence-electron chi connectivity index (χ0n) is 22.8. The number of unbranched alkanes of at least 4 members (excludes halogenated alkanes) is 1. The summed E-state index contributed by atoms with van der Waals surface area (Å²) in [5.74, 6) is -0.133. The topological polar surface area (TPSA) is 98.1 Å². The molecule has 8 nitrogen and oxygen atoms in total. The van der Waals surface area contributed by atoms with Gasteiger partial charge in [-0.25, -0.2) is 0 Å². The van der Waals surface area contributed by atoms with E-state index in [-0.39, 0.29) is 28.9 Å². The molecule has 0 saturated heterocycles. The Kier molecular flexibility index (Phi) is 10.9. The summed E-state index contributed by atoms with van der Waals surface area (Å²) < 4.78 is 46.6. The van der Waals surface area contributed by atoms with Crippen LogP contribution >= 0.6 is 35.0 Å². The lowest BCUT2D eigenvalue weighted by Gasteiger charge is -2.13. The smallest absolute Gasteiger partial charge is 0.416 e. The summed E-state index contributed by atoms with van der Waals surface area (Å²) in [6.45, 7) is 2.67. The van der Waals surface area contributed by atoms with Crippen LogP contribution in [0.15, 0.2) is 71.9 Å². The average Bonchev–Trinajstić information content (AvgIpc) is 3.38. The first kappa shape index (κ1) is 32.2. The van der Waals surface area contributed by atoms with E-state index in [2.05, 4.69) is 27.8 Å². The fourth-order valence-corrected chi connectivity index (χ4v) is 4.92. The second-order valence-corrected chi connectivity index (χ2v) is 10.9. The maximum atomic E-state index is 13.1. The minimum Gasteiger partial charge on any atom is -0.494 e. The van der Waals surface area contributed by atoms with Gasteiger partial charge in [-0.1, -0.05) is 54.4 Å². The van der Waals surface area contributed by atoms with Crippen molar-refractivity contribution >= 4 is 52.5 Å². The zero-order valence-corrected chi connectivity index (χ0v) is 25.1. The highest BCUT2D eigenvalue weighted by molar-refractivity contribution is 7.99. The summed E-state index contributed by atoms with van der Waals surface area (Å²) in [4.78, 5) is 25.5. The van der Waals surface area contributed by atoms with Crippen molar-refractivity contribution < 1.29 is 27.5 Å². The van der Waals surface area contributed by atoms with Crippen molar-refractivity contribution in [3.63, 3.8) is 0 Å². The molecule has 0 aliphatic rings. The van der Waals surface area contributed by atoms with Gasteiger partial charge in [-0.15, -0.1) is 10.2 Å². The summed E-state index contributed by atoms with van der Waals surface area (Å²) in [5, 5.41) is 14.3. The summed E-state index contributed by atoms with van der Waals surface area (Å²) in [5.41, 5.74) is -0.0961. The largest absolute Gasteiger partial charge is 0.494 e. The fourth-order valence-electron chi connectivity index (χ4n) is 3.79. The maximum Gasteiger partial charge on any atom is 0.416 e. The van der Waals surface area contributed by atoms with Crippen LogP contribution in [-0.4, -0.2) is 38.9 Å². The number of aromatic nitrogens is 3. The quantitative estimate of drug-likeness (QED) is 0.122. The molecule has 0 saturated carbocycles. The van der Waals surface area contributed by atoms with Crippen LogP contribution in [-0.2, 0) is 17.5 Å². The molecule has 0 aliphatic heterocycles. The number of alkyl halides is 3. The highest BCUT2D eigenvalue weighted by atomic mass is 35.5. The Morgan fingerprint density at radius 1 is 1.02 bits per heavy atom. The predicted molar refractivity (Wildman–Crippen MR) is 160 cm³/mol. The molecule has 226 valence electrons. The summed E-state index contributed by atoms with van der Waals surface area (Å²) in [7, 11) is 0. The van der Waals surface area contributed by atoms with Gasteiger partial charge in [-0.05, 0) is 67.1 Å². The van der Waals surface area contributed by atoms with Crippen molar-refractivity contribution in [3.05, 3.63) is 93.7 Å². The van der Waals surface area contributed by atoms with Gasteiger partial charge in [0.2, 0.25) is 5.91 Å². The molecular formula is C29H26Cl2F3N5O3S. The highest BCUT2D eigenvalue weighted by Gasteiger charge is 2.31. The maximum absolute atomic E-state index is 13.1. The minimum atomic E-state index is -4.59. The van der Waals surface area contributed by atoms with Crippen LogP contribution in [0, 0.1) is 0 Å². The Balaban J connectivity index is 1.46. The third-order valence-corrected chi connectivity index (χ3v) is 7.45. The molecule has 0 radical (unpaired) electrons. The number of amides is 2. The van der Waals surface area contributed by atoms with Crippen LogP contribution in [0.2, 0.25) is 10.0 Å². The van der Waals surface area contributed by atoms with Crippen molar-refractivity contribution in [2.45, 2.75) is 37.6 Å². The van der Waals surface area contributed by atoms with Crippen LogP contribution in [0.4, 0.5) is 18.9 Å². The number of halogens is 5. The number of rotatable bonds is 12. The standard InChI is InChI=1S/C29H26Cl2F3N5O3S/c1-2-3-13-42-22-10-7-18(8-11-22)27(41)35-16-25-37-38-28(39(25)21-6-4-5-20(30)15-21)43-17-26(40)36-24-14-19(29(32,33)34)9-12-23(24)31/h4-12,14-15H,2-3,13,16-17H2,1H3,(H,35,41)(H,36,40). The molecule has 0 unspecified atom stereocenters. The number of anilines is 1. The Hall–Kier alpha value is -3.74. The molecule has 0 aliphatic carbocycles. The predicted octanol–water partition coefficient (Wildman–Crippen LogP) is 7.43. The number of nitrogens with one attached hydrogen (secondary N) is 2. The molecule has 0 fully saturated rings. The second-order valence-electron chi connectivity index (χ2n) is 9.15. The van der Waals surface area contributed by atoms with Gasteiger partial charge in [0.1, 0.15) is 5.75 Å². The van der Waals surface area contributed by atoms with Gasteiger partial charge >= 0.3 is 6.18 Å². The molecular weight excluding hydrogens is 626 g/mol. The van der Waals surface area contributed by atoms with E-state index < -0.39 is 17.6 Å². The summed E-state index contributed by atoms with van der Waals surface area (Å²) in [6.07, 6.45) is -2.64. The molecule has 14 heteroatoms. The first-order valence-electron chi connectivity index (χ1n) is 13.1. The van der Waals surface area contributed by atoms with E-state index in [0.29, 0.717) is 39.6 Å². The van der Waals surface area contributed by atoms with E-state index >= 15 is 0 Å². The molecule has 4 rings (SSSR count). The average molecular weight is 653 g/mol. The number of benzene rings is 3. The first-order valence-corrected chi connectivity index (χ1v) is 14.8.